The fourth-order valence-corrected chi connectivity index (χ4v) is 3.25. The largest absolute Gasteiger partial charge is 0.454 e. The van der Waals surface area contributed by atoms with Crippen LogP contribution in [-0.4, -0.2) is 26.6 Å². The highest BCUT2D eigenvalue weighted by molar-refractivity contribution is 6.37. The summed E-state index contributed by atoms with van der Waals surface area (Å²) in [7, 11) is 0. The van der Waals surface area contributed by atoms with E-state index in [4.69, 9.17) is 44.7 Å². The number of aliphatic imine (C=N–C) groups is 1. The van der Waals surface area contributed by atoms with Crippen LogP contribution < -0.4 is 27.5 Å². The zero-order chi connectivity index (χ0) is 23.6. The van der Waals surface area contributed by atoms with Crippen molar-refractivity contribution >= 4 is 34.7 Å². The van der Waals surface area contributed by atoms with E-state index in [1.165, 1.54) is 12.1 Å². The first kappa shape index (κ1) is 22.9. The molecule has 0 unspecified atom stereocenters. The van der Waals surface area contributed by atoms with Gasteiger partial charge in [0.2, 0.25) is 5.69 Å². The molecule has 12 heteroatoms. The molecule has 0 bridgehead atoms. The highest BCUT2D eigenvalue weighted by atomic mass is 35.5. The molecule has 3 rings (SSSR count). The Hall–Kier alpha value is -3.81. The molecule has 10 nitrogen and oxygen atoms in total. The molecule has 0 radical (unpaired) electrons. The molecule has 0 aliphatic rings. The summed E-state index contributed by atoms with van der Waals surface area (Å²) < 4.78 is 6.63. The second-order valence-electron chi connectivity index (χ2n) is 6.83. The fourth-order valence-electron chi connectivity index (χ4n) is 2.70. The van der Waals surface area contributed by atoms with Crippen molar-refractivity contribution in [1.82, 2.24) is 14.8 Å². The lowest BCUT2D eigenvalue weighted by Gasteiger charge is -2.14. The van der Waals surface area contributed by atoms with Gasteiger partial charge in [0.05, 0.1) is 15.7 Å². The van der Waals surface area contributed by atoms with E-state index in [2.05, 4.69) is 10.1 Å². The molecule has 0 aliphatic heterocycles. The number of halogens is 2. The Bertz CT molecular complexity index is 1360. The number of nitrogens with zero attached hydrogens (tertiary/aromatic N) is 4. The number of amidine groups is 1. The third-order valence-electron chi connectivity index (χ3n) is 4.08. The van der Waals surface area contributed by atoms with Crippen LogP contribution in [0, 0.1) is 11.3 Å². The van der Waals surface area contributed by atoms with Crippen molar-refractivity contribution in [2.75, 3.05) is 5.73 Å². The summed E-state index contributed by atoms with van der Waals surface area (Å²) in [5.41, 5.74) is 10.8. The number of aromatic amines is 1. The van der Waals surface area contributed by atoms with E-state index in [0.717, 1.165) is 4.68 Å². The minimum Gasteiger partial charge on any atom is -0.454 e. The van der Waals surface area contributed by atoms with Gasteiger partial charge in [-0.3, -0.25) is 14.8 Å². The number of hydrogen-bond acceptors (Lipinski definition) is 7. The zero-order valence-corrected chi connectivity index (χ0v) is 18.4. The fraction of sp³-hybridized carbons (Fsp3) is 0.150. The van der Waals surface area contributed by atoms with E-state index in [9.17, 15) is 9.59 Å². The number of nitriles is 1. The van der Waals surface area contributed by atoms with E-state index >= 15 is 0 Å². The highest BCUT2D eigenvalue weighted by Gasteiger charge is 2.16. The number of H-pyrrole nitrogens is 1. The maximum absolute atomic E-state index is 12.1. The normalized spacial score (nSPS) is 11.4. The number of hydrogen-bond donors (Lipinski definition) is 3. The van der Waals surface area contributed by atoms with Gasteiger partial charge in [0.15, 0.2) is 5.75 Å². The highest BCUT2D eigenvalue weighted by Crippen LogP contribution is 2.38. The van der Waals surface area contributed by atoms with Crippen LogP contribution in [0.25, 0.3) is 5.69 Å². The first-order valence-electron chi connectivity index (χ1n) is 9.15. The van der Waals surface area contributed by atoms with E-state index < -0.39 is 16.9 Å². The summed E-state index contributed by atoms with van der Waals surface area (Å²) in [5.74, 6) is 0.705. The van der Waals surface area contributed by atoms with Gasteiger partial charge in [0.25, 0.3) is 5.56 Å². The van der Waals surface area contributed by atoms with Crippen molar-refractivity contribution in [1.29, 1.82) is 5.26 Å². The maximum Gasteiger partial charge on any atom is 0.349 e. The van der Waals surface area contributed by atoms with Gasteiger partial charge in [-0.2, -0.15) is 9.94 Å². The van der Waals surface area contributed by atoms with Crippen LogP contribution >= 0.6 is 23.2 Å². The summed E-state index contributed by atoms with van der Waals surface area (Å²) in [6.07, 6.45) is 0. The summed E-state index contributed by atoms with van der Waals surface area (Å²) in [6.45, 7) is 3.76. The Morgan fingerprint density at radius 1 is 1.25 bits per heavy atom. The Balaban J connectivity index is 2.02. The van der Waals surface area contributed by atoms with Crippen LogP contribution in [0.2, 0.25) is 10.0 Å². The van der Waals surface area contributed by atoms with Gasteiger partial charge in [0, 0.05) is 17.3 Å². The molecular weight excluding hydrogens is 457 g/mol. The summed E-state index contributed by atoms with van der Waals surface area (Å²) in [4.78, 5) is 29.9. The maximum atomic E-state index is 12.1. The van der Waals surface area contributed by atoms with Crippen molar-refractivity contribution in [3.05, 3.63) is 72.5 Å². The number of nitrogens with one attached hydrogen (secondary N) is 1. The number of anilines is 1. The van der Waals surface area contributed by atoms with Crippen LogP contribution in [0.4, 0.5) is 5.69 Å². The van der Waals surface area contributed by atoms with E-state index in [-0.39, 0.29) is 33.4 Å². The van der Waals surface area contributed by atoms with Crippen LogP contribution in [0.15, 0.2) is 44.9 Å². The van der Waals surface area contributed by atoms with Crippen molar-refractivity contribution in [2.45, 2.75) is 19.9 Å². The molecule has 0 spiro atoms. The van der Waals surface area contributed by atoms with Crippen molar-refractivity contribution in [3.8, 4) is 23.3 Å². The minimum absolute atomic E-state index is 0.0260. The predicted molar refractivity (Wildman–Crippen MR) is 122 cm³/mol. The van der Waals surface area contributed by atoms with Gasteiger partial charge < -0.3 is 16.2 Å². The molecule has 164 valence electrons. The molecular formula is C20H17Cl2N7O3. The molecule has 1 aromatic heterocycles. The topological polar surface area (TPSA) is 165 Å². The third-order valence-corrected chi connectivity index (χ3v) is 4.64. The van der Waals surface area contributed by atoms with E-state index in [1.54, 1.807) is 24.3 Å². The van der Waals surface area contributed by atoms with Gasteiger partial charge in [-0.05, 0) is 44.2 Å². The Labute approximate surface area is 191 Å². The SMILES string of the molecule is CC(C)N=C(N)c1cc(Oc2c(Cl)cc(-n3nc(C#N)c(=O)[nH]c3=O)cc2Cl)ccc1N. The number of rotatable bonds is 5. The molecule has 2 aromatic carbocycles. The van der Waals surface area contributed by atoms with Gasteiger partial charge in [0.1, 0.15) is 17.7 Å². The zero-order valence-electron chi connectivity index (χ0n) is 16.9. The quantitative estimate of drug-likeness (QED) is 0.290. The van der Waals surface area contributed by atoms with Gasteiger partial charge in [-0.15, -0.1) is 5.10 Å². The van der Waals surface area contributed by atoms with Crippen LogP contribution in [0.3, 0.4) is 0 Å². The third kappa shape index (κ3) is 4.74. The van der Waals surface area contributed by atoms with Gasteiger partial charge in [-0.25, -0.2) is 4.79 Å². The predicted octanol–water partition coefficient (Wildman–Crippen LogP) is 2.59. The van der Waals surface area contributed by atoms with Gasteiger partial charge >= 0.3 is 5.69 Å². The van der Waals surface area contributed by atoms with Crippen LogP contribution in [0.5, 0.6) is 11.5 Å². The average molecular weight is 474 g/mol. The van der Waals surface area contributed by atoms with Crippen LogP contribution in [-0.2, 0) is 0 Å². The first-order chi connectivity index (χ1) is 15.1. The van der Waals surface area contributed by atoms with Crippen molar-refractivity contribution in [3.63, 3.8) is 0 Å². The lowest BCUT2D eigenvalue weighted by molar-refractivity contribution is 0.483. The number of nitrogens with two attached hydrogens (primary N) is 2. The first-order valence-corrected chi connectivity index (χ1v) is 9.90. The standard InChI is InChI=1S/C20H17Cl2N7O3/c1-9(2)26-18(25)12-7-11(3-4-15(12)24)32-17-13(21)5-10(6-14(17)22)29-20(31)27-19(30)16(8-23)28-29/h3-7,9H,24H2,1-2H3,(H2,25,26)(H,27,30,31). The lowest BCUT2D eigenvalue weighted by atomic mass is 10.1. The average Bonchev–Trinajstić information content (AvgIpc) is 2.71. The second kappa shape index (κ2) is 9.13. The van der Waals surface area contributed by atoms with Crippen LogP contribution in [0.1, 0.15) is 25.1 Å². The monoisotopic (exact) mass is 473 g/mol. The van der Waals surface area contributed by atoms with E-state index in [1.807, 2.05) is 18.8 Å². The number of nitrogen functional groups attached to an aromatic ring is 1. The molecule has 5 N–H and O–H groups in total. The molecule has 0 fully saturated rings. The van der Waals surface area contributed by atoms with Gasteiger partial charge in [-0.1, -0.05) is 23.2 Å². The molecule has 32 heavy (non-hydrogen) atoms. The van der Waals surface area contributed by atoms with Crippen molar-refractivity contribution in [2.24, 2.45) is 10.7 Å². The van der Waals surface area contributed by atoms with E-state index in [0.29, 0.717) is 17.0 Å². The molecule has 1 heterocycles. The molecule has 0 saturated heterocycles. The molecule has 3 aromatic rings. The minimum atomic E-state index is -0.898. The summed E-state index contributed by atoms with van der Waals surface area (Å²) in [5, 5.41) is 12.8. The number of aromatic nitrogens is 3. The second-order valence-corrected chi connectivity index (χ2v) is 7.64. The molecule has 0 amide bonds. The van der Waals surface area contributed by atoms with Crippen molar-refractivity contribution < 1.29 is 4.74 Å². The summed E-state index contributed by atoms with van der Waals surface area (Å²) >= 11 is 12.7. The number of benzene rings is 2. The Kier molecular flexibility index (Phi) is 6.53. The molecule has 0 aliphatic carbocycles. The molecule has 0 saturated carbocycles. The lowest BCUT2D eigenvalue weighted by Crippen LogP contribution is -2.33. The Morgan fingerprint density at radius 2 is 1.91 bits per heavy atom. The molecule has 0 atom stereocenters. The summed E-state index contributed by atoms with van der Waals surface area (Å²) in [6, 6.07) is 9.09. The Morgan fingerprint density at radius 3 is 2.50 bits per heavy atom. The smallest absolute Gasteiger partial charge is 0.349 e. The number of ether oxygens (including phenoxy) is 1.